The number of carbonyl (C=O) groups is 1. The molecule has 1 unspecified atom stereocenters. The molecule has 1 aliphatic rings. The van der Waals surface area contributed by atoms with Crippen molar-refractivity contribution < 1.29 is 4.79 Å². The molecule has 0 aliphatic carbocycles. The molecule has 1 aliphatic heterocycles. The fourth-order valence-electron chi connectivity index (χ4n) is 3.75. The molecule has 0 bridgehead atoms. The number of carbonyl (C=O) groups excluding carboxylic acids is 1. The minimum atomic E-state index is -0.150. The molecule has 0 spiro atoms. The molecule has 2 aromatic rings. The summed E-state index contributed by atoms with van der Waals surface area (Å²) >= 11 is 0. The van der Waals surface area contributed by atoms with Crippen molar-refractivity contribution in [1.82, 2.24) is 10.2 Å². The van der Waals surface area contributed by atoms with E-state index in [1.807, 2.05) is 13.0 Å². The Morgan fingerprint density at radius 1 is 1.15 bits per heavy atom. The van der Waals surface area contributed by atoms with Crippen LogP contribution in [0.3, 0.4) is 0 Å². The summed E-state index contributed by atoms with van der Waals surface area (Å²) in [5.41, 5.74) is 9.69. The highest BCUT2D eigenvalue weighted by Crippen LogP contribution is 2.33. The maximum atomic E-state index is 12.6. The van der Waals surface area contributed by atoms with Crippen LogP contribution in [0.5, 0.6) is 0 Å². The monoisotopic (exact) mass is 351 g/mol. The fourth-order valence-corrected chi connectivity index (χ4v) is 3.75. The van der Waals surface area contributed by atoms with Gasteiger partial charge < -0.3 is 11.1 Å². The maximum Gasteiger partial charge on any atom is 0.237 e. The molecule has 1 heterocycles. The molecule has 3 N–H and O–H groups in total. The van der Waals surface area contributed by atoms with Crippen LogP contribution in [0.25, 0.3) is 0 Å². The van der Waals surface area contributed by atoms with E-state index in [2.05, 4.69) is 65.7 Å². The van der Waals surface area contributed by atoms with Crippen LogP contribution in [0.4, 0.5) is 0 Å². The first-order valence-electron chi connectivity index (χ1n) is 9.40. The van der Waals surface area contributed by atoms with Crippen LogP contribution in [-0.4, -0.2) is 36.5 Å². The van der Waals surface area contributed by atoms with Crippen LogP contribution in [0.15, 0.2) is 54.6 Å². The van der Waals surface area contributed by atoms with Gasteiger partial charge in [0.1, 0.15) is 0 Å². The molecule has 4 heteroatoms. The first-order valence-corrected chi connectivity index (χ1v) is 9.40. The lowest BCUT2D eigenvalue weighted by Crippen LogP contribution is -2.44. The van der Waals surface area contributed by atoms with Gasteiger partial charge >= 0.3 is 0 Å². The lowest BCUT2D eigenvalue weighted by atomic mass is 9.89. The van der Waals surface area contributed by atoms with E-state index in [1.54, 1.807) is 0 Å². The predicted octanol–water partition coefficient (Wildman–Crippen LogP) is 2.67. The van der Waals surface area contributed by atoms with Gasteiger partial charge in [0.15, 0.2) is 0 Å². The van der Waals surface area contributed by atoms with Gasteiger partial charge in [-0.3, -0.25) is 9.69 Å². The Bertz CT molecular complexity index is 714. The normalized spacial score (nSPS) is 21.5. The van der Waals surface area contributed by atoms with Crippen LogP contribution in [0.1, 0.15) is 29.5 Å². The maximum absolute atomic E-state index is 12.6. The zero-order chi connectivity index (χ0) is 18.5. The van der Waals surface area contributed by atoms with E-state index >= 15 is 0 Å². The van der Waals surface area contributed by atoms with Crippen LogP contribution in [0, 0.1) is 12.8 Å². The van der Waals surface area contributed by atoms with Crippen molar-refractivity contribution >= 4 is 5.91 Å². The average Bonchev–Trinajstić information content (AvgIpc) is 3.12. The van der Waals surface area contributed by atoms with Crippen molar-refractivity contribution in [1.29, 1.82) is 0 Å². The quantitative estimate of drug-likeness (QED) is 0.841. The van der Waals surface area contributed by atoms with E-state index in [4.69, 9.17) is 5.73 Å². The molecule has 0 aromatic heterocycles. The van der Waals surface area contributed by atoms with Gasteiger partial charge in [-0.05, 0) is 37.4 Å². The first-order chi connectivity index (χ1) is 12.6. The van der Waals surface area contributed by atoms with Crippen molar-refractivity contribution in [2.75, 3.05) is 19.6 Å². The molecular formula is C22H29N3O. The Hall–Kier alpha value is -2.17. The number of likely N-dealkylation sites (tertiary alicyclic amines) is 1. The van der Waals surface area contributed by atoms with Gasteiger partial charge in [0, 0.05) is 25.6 Å². The van der Waals surface area contributed by atoms with Gasteiger partial charge in [-0.15, -0.1) is 0 Å². The minimum absolute atomic E-state index is 0.0788. The van der Waals surface area contributed by atoms with E-state index in [9.17, 15) is 4.79 Å². The number of nitrogens with zero attached hydrogens (tertiary/aromatic N) is 1. The van der Waals surface area contributed by atoms with Gasteiger partial charge in [-0.25, -0.2) is 0 Å². The zero-order valence-electron chi connectivity index (χ0n) is 15.7. The van der Waals surface area contributed by atoms with E-state index < -0.39 is 0 Å². The Labute approximate surface area is 156 Å². The van der Waals surface area contributed by atoms with Crippen LogP contribution >= 0.6 is 0 Å². The van der Waals surface area contributed by atoms with E-state index in [0.29, 0.717) is 24.9 Å². The highest BCUT2D eigenvalue weighted by Gasteiger charge is 2.36. The Morgan fingerprint density at radius 3 is 2.50 bits per heavy atom. The van der Waals surface area contributed by atoms with Gasteiger partial charge in [-0.2, -0.15) is 0 Å². The van der Waals surface area contributed by atoms with Gasteiger partial charge in [-0.1, -0.05) is 60.2 Å². The topological polar surface area (TPSA) is 58.4 Å². The molecule has 3 rings (SSSR count). The number of aryl methyl sites for hydroxylation is 1. The second-order valence-electron chi connectivity index (χ2n) is 7.35. The van der Waals surface area contributed by atoms with E-state index in [1.165, 1.54) is 11.1 Å². The number of nitrogens with two attached hydrogens (primary N) is 1. The van der Waals surface area contributed by atoms with Gasteiger partial charge in [0.25, 0.3) is 0 Å². The Morgan fingerprint density at radius 2 is 1.85 bits per heavy atom. The average molecular weight is 351 g/mol. The summed E-state index contributed by atoms with van der Waals surface area (Å²) in [7, 11) is 0. The summed E-state index contributed by atoms with van der Waals surface area (Å²) in [6.45, 7) is 7.02. The predicted molar refractivity (Wildman–Crippen MR) is 106 cm³/mol. The Balaban J connectivity index is 1.59. The van der Waals surface area contributed by atoms with Crippen molar-refractivity contribution in [2.24, 2.45) is 11.7 Å². The lowest BCUT2D eigenvalue weighted by molar-refractivity contribution is -0.125. The van der Waals surface area contributed by atoms with Crippen LogP contribution in [0.2, 0.25) is 0 Å². The SMILES string of the molecule is Cc1ccc(CNC(=O)C(C)N2C[C@@H](CN)[C@H](c3ccccc3)C2)cc1. The summed E-state index contributed by atoms with van der Waals surface area (Å²) in [5.74, 6) is 0.869. The largest absolute Gasteiger partial charge is 0.351 e. The summed E-state index contributed by atoms with van der Waals surface area (Å²) in [6, 6.07) is 18.6. The van der Waals surface area contributed by atoms with Gasteiger partial charge in [0.05, 0.1) is 6.04 Å². The number of benzene rings is 2. The second kappa shape index (κ2) is 8.47. The molecule has 1 saturated heterocycles. The third-order valence-electron chi connectivity index (χ3n) is 5.51. The molecule has 2 aromatic carbocycles. The highest BCUT2D eigenvalue weighted by atomic mass is 16.2. The standard InChI is InChI=1S/C22H29N3O/c1-16-8-10-18(11-9-16)13-24-22(26)17(2)25-14-20(12-23)21(15-25)19-6-4-3-5-7-19/h3-11,17,20-21H,12-15,23H2,1-2H3,(H,24,26)/t17?,20-,21+/m1/s1. The van der Waals surface area contributed by atoms with Gasteiger partial charge in [0.2, 0.25) is 5.91 Å². The second-order valence-corrected chi connectivity index (χ2v) is 7.35. The smallest absolute Gasteiger partial charge is 0.237 e. The summed E-state index contributed by atoms with van der Waals surface area (Å²) in [6.07, 6.45) is 0. The van der Waals surface area contributed by atoms with Crippen molar-refractivity contribution in [3.63, 3.8) is 0 Å². The summed E-state index contributed by atoms with van der Waals surface area (Å²) in [5, 5.41) is 3.07. The Kier molecular flexibility index (Phi) is 6.07. The van der Waals surface area contributed by atoms with Crippen molar-refractivity contribution in [3.05, 3.63) is 71.3 Å². The molecule has 0 radical (unpaired) electrons. The molecule has 26 heavy (non-hydrogen) atoms. The third kappa shape index (κ3) is 4.32. The van der Waals surface area contributed by atoms with Crippen LogP contribution in [-0.2, 0) is 11.3 Å². The summed E-state index contributed by atoms with van der Waals surface area (Å²) < 4.78 is 0. The molecular weight excluding hydrogens is 322 g/mol. The number of nitrogens with one attached hydrogen (secondary N) is 1. The van der Waals surface area contributed by atoms with E-state index in [0.717, 1.165) is 18.7 Å². The van der Waals surface area contributed by atoms with Crippen molar-refractivity contribution in [2.45, 2.75) is 32.4 Å². The molecule has 4 nitrogen and oxygen atoms in total. The molecule has 0 saturated carbocycles. The highest BCUT2D eigenvalue weighted by molar-refractivity contribution is 5.81. The molecule has 3 atom stereocenters. The van der Waals surface area contributed by atoms with E-state index in [-0.39, 0.29) is 11.9 Å². The minimum Gasteiger partial charge on any atom is -0.351 e. The molecule has 1 fully saturated rings. The molecule has 1 amide bonds. The van der Waals surface area contributed by atoms with Crippen LogP contribution < -0.4 is 11.1 Å². The number of amides is 1. The fraction of sp³-hybridized carbons (Fsp3) is 0.409. The van der Waals surface area contributed by atoms with Crippen molar-refractivity contribution in [3.8, 4) is 0 Å². The molecule has 138 valence electrons. The lowest BCUT2D eigenvalue weighted by Gasteiger charge is -2.23. The number of hydrogen-bond donors (Lipinski definition) is 2. The number of hydrogen-bond acceptors (Lipinski definition) is 3. The number of rotatable bonds is 6. The third-order valence-corrected chi connectivity index (χ3v) is 5.51. The zero-order valence-corrected chi connectivity index (χ0v) is 15.7. The summed E-state index contributed by atoms with van der Waals surface area (Å²) in [4.78, 5) is 14.9. The first kappa shape index (κ1) is 18.6.